The summed E-state index contributed by atoms with van der Waals surface area (Å²) in [5, 5.41) is 2.57. The Hall–Kier alpha value is -3.23. The van der Waals surface area contributed by atoms with E-state index in [9.17, 15) is 19.2 Å². The van der Waals surface area contributed by atoms with Gasteiger partial charge in [-0.1, -0.05) is 13.0 Å². The Morgan fingerprint density at radius 3 is 2.70 bits per heavy atom. The van der Waals surface area contributed by atoms with Crippen molar-refractivity contribution in [1.82, 2.24) is 19.6 Å². The number of amides is 3. The molecular weight excluding hydrogens is 352 g/mol. The molecule has 1 saturated heterocycles. The highest BCUT2D eigenvalue weighted by atomic mass is 16.5. The largest absolute Gasteiger partial charge is 0.458 e. The molecule has 3 rings (SSSR count). The first-order valence-corrected chi connectivity index (χ1v) is 8.53. The minimum Gasteiger partial charge on any atom is -0.458 e. The third-order valence-corrected chi connectivity index (χ3v) is 4.65. The fourth-order valence-electron chi connectivity index (χ4n) is 2.90. The third kappa shape index (κ3) is 3.40. The van der Waals surface area contributed by atoms with E-state index in [0.29, 0.717) is 12.1 Å². The van der Waals surface area contributed by atoms with Crippen molar-refractivity contribution in [2.45, 2.75) is 39.3 Å². The molecule has 1 aliphatic heterocycles. The molecule has 0 saturated carbocycles. The standard InChI is InChI=1S/C18H20N4O5/c1-4-18(3)16(25)21(17(26)20-18)9-15(24)27-10-12-8-14(23)22-11(2)6-5-7-13(22)19-12/h5-8H,4,9-10H2,1-3H3,(H,20,26)/t18-/m1/s1. The van der Waals surface area contributed by atoms with E-state index in [1.54, 1.807) is 39.0 Å². The summed E-state index contributed by atoms with van der Waals surface area (Å²) in [6.07, 6.45) is 0.410. The van der Waals surface area contributed by atoms with Crippen LogP contribution in [0.3, 0.4) is 0 Å². The number of carbonyl (C=O) groups excluding carboxylic acids is 3. The number of fused-ring (bicyclic) bond motifs is 1. The number of hydrogen-bond donors (Lipinski definition) is 1. The highest BCUT2D eigenvalue weighted by Gasteiger charge is 2.47. The van der Waals surface area contributed by atoms with Gasteiger partial charge in [0.25, 0.3) is 11.5 Å². The van der Waals surface area contributed by atoms with Crippen molar-refractivity contribution in [2.75, 3.05) is 6.54 Å². The first kappa shape index (κ1) is 18.6. The van der Waals surface area contributed by atoms with Gasteiger partial charge in [-0.15, -0.1) is 0 Å². The zero-order valence-corrected chi connectivity index (χ0v) is 15.3. The van der Waals surface area contributed by atoms with Crippen molar-refractivity contribution in [3.63, 3.8) is 0 Å². The van der Waals surface area contributed by atoms with Crippen LogP contribution in [0.4, 0.5) is 4.79 Å². The number of nitrogens with zero attached hydrogens (tertiary/aromatic N) is 3. The van der Waals surface area contributed by atoms with Crippen LogP contribution < -0.4 is 10.9 Å². The molecule has 1 atom stereocenters. The van der Waals surface area contributed by atoms with Gasteiger partial charge in [0.05, 0.1) is 5.69 Å². The Morgan fingerprint density at radius 1 is 1.30 bits per heavy atom. The number of aromatic nitrogens is 2. The Labute approximate surface area is 154 Å². The number of imide groups is 1. The van der Waals surface area contributed by atoms with Gasteiger partial charge >= 0.3 is 12.0 Å². The highest BCUT2D eigenvalue weighted by Crippen LogP contribution is 2.20. The molecule has 0 aliphatic carbocycles. The lowest BCUT2D eigenvalue weighted by Gasteiger charge is -2.18. The van der Waals surface area contributed by atoms with Crippen LogP contribution in [0, 0.1) is 6.92 Å². The summed E-state index contributed by atoms with van der Waals surface area (Å²) < 4.78 is 6.55. The quantitative estimate of drug-likeness (QED) is 0.613. The van der Waals surface area contributed by atoms with E-state index < -0.39 is 30.0 Å². The molecule has 3 heterocycles. The van der Waals surface area contributed by atoms with Crippen LogP contribution in [0.15, 0.2) is 29.1 Å². The smallest absolute Gasteiger partial charge is 0.326 e. The second-order valence-electron chi connectivity index (χ2n) is 6.61. The number of pyridine rings is 1. The summed E-state index contributed by atoms with van der Waals surface area (Å²) in [4.78, 5) is 53.6. The minimum absolute atomic E-state index is 0.229. The van der Waals surface area contributed by atoms with Crippen molar-refractivity contribution in [3.8, 4) is 0 Å². The van der Waals surface area contributed by atoms with E-state index in [1.807, 2.05) is 0 Å². The lowest BCUT2D eigenvalue weighted by molar-refractivity contribution is -0.148. The highest BCUT2D eigenvalue weighted by molar-refractivity contribution is 6.08. The average molecular weight is 372 g/mol. The predicted octanol–water partition coefficient (Wildman–Crippen LogP) is 0.767. The average Bonchev–Trinajstić information content (AvgIpc) is 2.83. The number of esters is 1. The lowest BCUT2D eigenvalue weighted by Crippen LogP contribution is -2.43. The predicted molar refractivity (Wildman–Crippen MR) is 94.9 cm³/mol. The molecule has 1 fully saturated rings. The van der Waals surface area contributed by atoms with Crippen LogP contribution in [-0.2, 0) is 20.9 Å². The van der Waals surface area contributed by atoms with Crippen LogP contribution in [0.2, 0.25) is 0 Å². The van der Waals surface area contributed by atoms with E-state index >= 15 is 0 Å². The second kappa shape index (κ2) is 6.82. The summed E-state index contributed by atoms with van der Waals surface area (Å²) in [6, 6.07) is 5.90. The van der Waals surface area contributed by atoms with Gasteiger partial charge in [0.1, 0.15) is 24.3 Å². The van der Waals surface area contributed by atoms with Gasteiger partial charge in [-0.05, 0) is 32.4 Å². The summed E-state index contributed by atoms with van der Waals surface area (Å²) in [5.74, 6) is -1.23. The third-order valence-electron chi connectivity index (χ3n) is 4.65. The number of ether oxygens (including phenoxy) is 1. The Morgan fingerprint density at radius 2 is 2.04 bits per heavy atom. The van der Waals surface area contributed by atoms with Gasteiger partial charge in [0.15, 0.2) is 0 Å². The van der Waals surface area contributed by atoms with Gasteiger partial charge in [0.2, 0.25) is 0 Å². The van der Waals surface area contributed by atoms with Crippen LogP contribution >= 0.6 is 0 Å². The number of rotatable bonds is 5. The van der Waals surface area contributed by atoms with Crippen LogP contribution in [-0.4, -0.2) is 44.3 Å². The summed E-state index contributed by atoms with van der Waals surface area (Å²) in [5.41, 5.74) is 0.183. The first-order chi connectivity index (χ1) is 12.7. The van der Waals surface area contributed by atoms with Crippen molar-refractivity contribution < 1.29 is 19.1 Å². The molecule has 0 spiro atoms. The SMILES string of the molecule is CC[C@@]1(C)NC(=O)N(CC(=O)OCc2cc(=O)n3c(C)cccc3n2)C1=O. The number of urea groups is 1. The molecule has 1 aliphatic rings. The van der Waals surface area contributed by atoms with E-state index in [1.165, 1.54) is 10.5 Å². The van der Waals surface area contributed by atoms with E-state index in [4.69, 9.17) is 4.74 Å². The molecule has 142 valence electrons. The normalized spacial score (nSPS) is 19.4. The summed E-state index contributed by atoms with van der Waals surface area (Å²) in [7, 11) is 0. The van der Waals surface area contributed by atoms with Gasteiger partial charge in [-0.25, -0.2) is 9.78 Å². The maximum absolute atomic E-state index is 12.3. The number of hydrogen-bond acceptors (Lipinski definition) is 6. The van der Waals surface area contributed by atoms with Gasteiger partial charge < -0.3 is 10.1 Å². The molecular formula is C18H20N4O5. The van der Waals surface area contributed by atoms with Crippen LogP contribution in [0.1, 0.15) is 31.7 Å². The zero-order valence-electron chi connectivity index (χ0n) is 15.3. The lowest BCUT2D eigenvalue weighted by atomic mass is 9.99. The fourth-order valence-corrected chi connectivity index (χ4v) is 2.90. The van der Waals surface area contributed by atoms with Crippen molar-refractivity contribution in [2.24, 2.45) is 0 Å². The molecule has 0 radical (unpaired) electrons. The Kier molecular flexibility index (Phi) is 4.69. The molecule has 1 N–H and O–H groups in total. The van der Waals surface area contributed by atoms with E-state index in [0.717, 1.165) is 10.6 Å². The number of aryl methyl sites for hydroxylation is 1. The van der Waals surface area contributed by atoms with Gasteiger partial charge in [0, 0.05) is 11.8 Å². The molecule has 2 aromatic rings. The Bertz CT molecular complexity index is 999. The fraction of sp³-hybridized carbons (Fsp3) is 0.389. The molecule has 3 amide bonds. The van der Waals surface area contributed by atoms with Crippen molar-refractivity contribution in [3.05, 3.63) is 46.0 Å². The first-order valence-electron chi connectivity index (χ1n) is 8.53. The van der Waals surface area contributed by atoms with E-state index in [2.05, 4.69) is 10.3 Å². The molecule has 9 heteroatoms. The van der Waals surface area contributed by atoms with Crippen molar-refractivity contribution in [1.29, 1.82) is 0 Å². The van der Waals surface area contributed by atoms with Crippen molar-refractivity contribution >= 4 is 23.6 Å². The monoisotopic (exact) mass is 372 g/mol. The molecule has 0 aromatic carbocycles. The van der Waals surface area contributed by atoms with Gasteiger partial charge in [-0.3, -0.25) is 23.7 Å². The minimum atomic E-state index is -1.01. The zero-order chi connectivity index (χ0) is 19.8. The molecule has 9 nitrogen and oxygen atoms in total. The molecule has 2 aromatic heterocycles. The number of nitrogens with one attached hydrogen (secondary N) is 1. The Balaban J connectivity index is 1.68. The van der Waals surface area contributed by atoms with Crippen LogP contribution in [0.25, 0.3) is 5.65 Å². The molecule has 27 heavy (non-hydrogen) atoms. The molecule has 0 unspecified atom stereocenters. The van der Waals surface area contributed by atoms with Gasteiger partial charge in [-0.2, -0.15) is 0 Å². The maximum Gasteiger partial charge on any atom is 0.326 e. The second-order valence-corrected chi connectivity index (χ2v) is 6.61. The summed E-state index contributed by atoms with van der Waals surface area (Å²) in [6.45, 7) is 4.44. The van der Waals surface area contributed by atoms with E-state index in [-0.39, 0.29) is 17.9 Å². The molecule has 0 bridgehead atoms. The number of carbonyl (C=O) groups is 3. The topological polar surface area (TPSA) is 110 Å². The van der Waals surface area contributed by atoms with Crippen LogP contribution in [0.5, 0.6) is 0 Å². The summed E-state index contributed by atoms with van der Waals surface area (Å²) >= 11 is 0. The maximum atomic E-state index is 12.3.